The largest absolute Gasteiger partial charge is 0.427 e. The van der Waals surface area contributed by atoms with Crippen molar-refractivity contribution in [2.24, 2.45) is 0 Å². The molecule has 0 radical (unpaired) electrons. The van der Waals surface area contributed by atoms with Gasteiger partial charge in [0, 0.05) is 36.9 Å². The topological polar surface area (TPSA) is 86.7 Å². The van der Waals surface area contributed by atoms with Crippen LogP contribution >= 0.6 is 11.3 Å². The number of ether oxygens (including phenoxy) is 1. The van der Waals surface area contributed by atoms with Crippen LogP contribution in [0.25, 0.3) is 26.4 Å². The first kappa shape index (κ1) is 15.3. The summed E-state index contributed by atoms with van der Waals surface area (Å²) < 4.78 is 8.01. The molecule has 0 unspecified atom stereocenters. The summed E-state index contributed by atoms with van der Waals surface area (Å²) in [6, 6.07) is 11.7. The zero-order valence-corrected chi connectivity index (χ0v) is 13.8. The van der Waals surface area contributed by atoms with Crippen LogP contribution in [0.15, 0.2) is 48.7 Å². The molecule has 2 aromatic carbocycles. The van der Waals surface area contributed by atoms with Gasteiger partial charge in [-0.2, -0.15) is 0 Å². The van der Waals surface area contributed by atoms with Gasteiger partial charge in [-0.05, 0) is 24.3 Å². The molecule has 4 rings (SSSR count). The maximum Gasteiger partial charge on any atom is 0.308 e. The van der Waals surface area contributed by atoms with E-state index in [0.29, 0.717) is 5.75 Å². The molecule has 0 saturated carbocycles. The average molecular weight is 353 g/mol. The van der Waals surface area contributed by atoms with Crippen molar-refractivity contribution in [3.8, 4) is 17.0 Å². The van der Waals surface area contributed by atoms with Crippen LogP contribution in [0.5, 0.6) is 5.75 Å². The number of non-ortho nitro benzene ring substituents is 1. The summed E-state index contributed by atoms with van der Waals surface area (Å²) in [5.41, 5.74) is 2.56. The van der Waals surface area contributed by atoms with E-state index >= 15 is 0 Å². The second-order valence-corrected chi connectivity index (χ2v) is 6.42. The zero-order valence-electron chi connectivity index (χ0n) is 13.0. The molecule has 0 spiro atoms. The minimum atomic E-state index is -0.427. The lowest BCUT2D eigenvalue weighted by Gasteiger charge is -2.00. The molecule has 0 aliphatic rings. The second kappa shape index (κ2) is 5.67. The Morgan fingerprint density at radius 2 is 2.00 bits per heavy atom. The summed E-state index contributed by atoms with van der Waals surface area (Å²) in [5.74, 6) is 0.140. The Morgan fingerprint density at radius 1 is 1.24 bits per heavy atom. The van der Waals surface area contributed by atoms with Gasteiger partial charge in [-0.1, -0.05) is 11.3 Å². The van der Waals surface area contributed by atoms with Crippen LogP contribution in [0, 0.1) is 10.1 Å². The van der Waals surface area contributed by atoms with E-state index in [1.807, 2.05) is 22.7 Å². The number of thiazole rings is 1. The van der Waals surface area contributed by atoms with Gasteiger partial charge in [-0.25, -0.2) is 4.98 Å². The summed E-state index contributed by atoms with van der Waals surface area (Å²) in [4.78, 5) is 26.8. The van der Waals surface area contributed by atoms with Crippen molar-refractivity contribution in [2.45, 2.75) is 6.92 Å². The maximum atomic E-state index is 11.1. The fourth-order valence-electron chi connectivity index (χ4n) is 2.60. The van der Waals surface area contributed by atoms with E-state index in [2.05, 4.69) is 4.98 Å². The smallest absolute Gasteiger partial charge is 0.308 e. The molecule has 25 heavy (non-hydrogen) atoms. The van der Waals surface area contributed by atoms with Gasteiger partial charge in [0.25, 0.3) is 5.69 Å². The number of aromatic nitrogens is 2. The third-order valence-electron chi connectivity index (χ3n) is 3.70. The van der Waals surface area contributed by atoms with Crippen molar-refractivity contribution >= 4 is 38.2 Å². The van der Waals surface area contributed by atoms with Gasteiger partial charge in [-0.15, -0.1) is 0 Å². The zero-order chi connectivity index (χ0) is 17.6. The number of carbonyl (C=O) groups excluding carboxylic acids is 1. The molecule has 124 valence electrons. The van der Waals surface area contributed by atoms with E-state index in [1.165, 1.54) is 30.4 Å². The van der Waals surface area contributed by atoms with Crippen molar-refractivity contribution in [3.05, 3.63) is 58.8 Å². The SMILES string of the molecule is CC(=O)Oc1ccc2c(c1)sc1nc(-c3ccc([N+](=O)[O-])cc3)cn12. The van der Waals surface area contributed by atoms with Gasteiger partial charge >= 0.3 is 5.97 Å². The monoisotopic (exact) mass is 353 g/mol. The molecule has 0 N–H and O–H groups in total. The number of fused-ring (bicyclic) bond motifs is 3. The lowest BCUT2D eigenvalue weighted by atomic mass is 10.1. The molecule has 0 fully saturated rings. The average Bonchev–Trinajstić information content (AvgIpc) is 3.11. The highest BCUT2D eigenvalue weighted by Gasteiger charge is 2.12. The Morgan fingerprint density at radius 3 is 2.68 bits per heavy atom. The number of nitrogens with zero attached hydrogens (tertiary/aromatic N) is 3. The number of imidazole rings is 1. The number of nitro benzene ring substituents is 1. The lowest BCUT2D eigenvalue weighted by molar-refractivity contribution is -0.384. The van der Waals surface area contributed by atoms with Crippen LogP contribution < -0.4 is 4.74 Å². The first-order valence-corrected chi connectivity index (χ1v) is 8.18. The van der Waals surface area contributed by atoms with Gasteiger partial charge in [-0.3, -0.25) is 19.3 Å². The highest BCUT2D eigenvalue weighted by atomic mass is 32.1. The Balaban J connectivity index is 1.75. The van der Waals surface area contributed by atoms with E-state index in [4.69, 9.17) is 4.74 Å². The lowest BCUT2D eigenvalue weighted by Crippen LogP contribution is -2.00. The number of nitro groups is 1. The summed E-state index contributed by atoms with van der Waals surface area (Å²) in [6.45, 7) is 1.36. The molecule has 7 nitrogen and oxygen atoms in total. The van der Waals surface area contributed by atoms with Gasteiger partial charge < -0.3 is 4.74 Å². The van der Waals surface area contributed by atoms with E-state index in [1.54, 1.807) is 18.2 Å². The minimum absolute atomic E-state index is 0.0493. The molecule has 2 aromatic heterocycles. The molecular weight excluding hydrogens is 342 g/mol. The van der Waals surface area contributed by atoms with Crippen molar-refractivity contribution in [2.75, 3.05) is 0 Å². The summed E-state index contributed by atoms with van der Waals surface area (Å²) in [6.07, 6.45) is 1.89. The highest BCUT2D eigenvalue weighted by Crippen LogP contribution is 2.32. The van der Waals surface area contributed by atoms with Crippen LogP contribution in [0.1, 0.15) is 6.92 Å². The third kappa shape index (κ3) is 2.72. The normalized spacial score (nSPS) is 11.1. The molecule has 0 saturated heterocycles. The maximum absolute atomic E-state index is 11.1. The highest BCUT2D eigenvalue weighted by molar-refractivity contribution is 7.23. The number of benzene rings is 2. The van der Waals surface area contributed by atoms with E-state index in [9.17, 15) is 14.9 Å². The number of hydrogen-bond donors (Lipinski definition) is 0. The molecular formula is C17H11N3O4S. The van der Waals surface area contributed by atoms with Crippen molar-refractivity contribution in [3.63, 3.8) is 0 Å². The van der Waals surface area contributed by atoms with Crippen LogP contribution in [-0.2, 0) is 4.79 Å². The molecule has 8 heteroatoms. The number of esters is 1. The molecule has 0 aliphatic heterocycles. The molecule has 0 amide bonds. The van der Waals surface area contributed by atoms with Crippen LogP contribution in [0.3, 0.4) is 0 Å². The fraction of sp³-hybridized carbons (Fsp3) is 0.0588. The standard InChI is InChI=1S/C17H11N3O4S/c1-10(21)24-13-6-7-15-16(8-13)25-17-18-14(9-19(15)17)11-2-4-12(5-3-11)20(22)23/h2-9H,1H3. The van der Waals surface area contributed by atoms with Crippen molar-refractivity contribution in [1.29, 1.82) is 0 Å². The van der Waals surface area contributed by atoms with Gasteiger partial charge in [0.15, 0.2) is 4.96 Å². The second-order valence-electron chi connectivity index (χ2n) is 5.41. The summed E-state index contributed by atoms with van der Waals surface area (Å²) in [7, 11) is 0. The van der Waals surface area contributed by atoms with E-state index in [-0.39, 0.29) is 11.7 Å². The van der Waals surface area contributed by atoms with Crippen molar-refractivity contribution < 1.29 is 14.5 Å². The van der Waals surface area contributed by atoms with Crippen LogP contribution in [0.2, 0.25) is 0 Å². The molecule has 0 atom stereocenters. The summed E-state index contributed by atoms with van der Waals surface area (Å²) in [5, 5.41) is 10.7. The molecule has 4 aromatic rings. The first-order valence-electron chi connectivity index (χ1n) is 7.36. The van der Waals surface area contributed by atoms with Gasteiger partial charge in [0.05, 0.1) is 20.8 Å². The predicted octanol–water partition coefficient (Wildman–Crippen LogP) is 4.05. The Kier molecular flexibility index (Phi) is 3.47. The van der Waals surface area contributed by atoms with Gasteiger partial charge in [0.2, 0.25) is 0 Å². The molecule has 2 heterocycles. The quantitative estimate of drug-likeness (QED) is 0.240. The number of hydrogen-bond acceptors (Lipinski definition) is 6. The minimum Gasteiger partial charge on any atom is -0.427 e. The Hall–Kier alpha value is -3.26. The Labute approximate surface area is 145 Å². The molecule has 0 bridgehead atoms. The third-order valence-corrected chi connectivity index (χ3v) is 4.72. The van der Waals surface area contributed by atoms with E-state index in [0.717, 1.165) is 26.4 Å². The summed E-state index contributed by atoms with van der Waals surface area (Å²) >= 11 is 1.48. The predicted molar refractivity (Wildman–Crippen MR) is 94.0 cm³/mol. The van der Waals surface area contributed by atoms with Gasteiger partial charge in [0.1, 0.15) is 5.75 Å². The Bertz CT molecular complexity index is 1130. The number of carbonyl (C=O) groups is 1. The number of rotatable bonds is 3. The van der Waals surface area contributed by atoms with Crippen molar-refractivity contribution in [1.82, 2.24) is 9.38 Å². The first-order chi connectivity index (χ1) is 12.0. The van der Waals surface area contributed by atoms with Crippen LogP contribution in [-0.4, -0.2) is 20.3 Å². The van der Waals surface area contributed by atoms with E-state index < -0.39 is 4.92 Å². The van der Waals surface area contributed by atoms with Crippen LogP contribution in [0.4, 0.5) is 5.69 Å². The molecule has 0 aliphatic carbocycles. The fourth-order valence-corrected chi connectivity index (χ4v) is 3.64.